The Morgan fingerprint density at radius 3 is 2.83 bits per heavy atom. The normalized spacial score (nSPS) is 32.3. The number of likely N-dealkylation sites (tertiary alicyclic amines) is 1. The summed E-state index contributed by atoms with van der Waals surface area (Å²) >= 11 is 0. The highest BCUT2D eigenvalue weighted by molar-refractivity contribution is 6.04. The van der Waals surface area contributed by atoms with Crippen LogP contribution < -0.4 is 5.32 Å². The van der Waals surface area contributed by atoms with Crippen LogP contribution in [0.3, 0.4) is 0 Å². The van der Waals surface area contributed by atoms with E-state index >= 15 is 0 Å². The lowest BCUT2D eigenvalue weighted by Gasteiger charge is -2.55. The molecule has 4 nitrogen and oxygen atoms in total. The molecule has 1 aromatic rings. The van der Waals surface area contributed by atoms with Crippen molar-refractivity contribution in [1.29, 1.82) is 0 Å². The van der Waals surface area contributed by atoms with Crippen molar-refractivity contribution in [3.63, 3.8) is 0 Å². The lowest BCUT2D eigenvalue weighted by Crippen LogP contribution is -2.61. The summed E-state index contributed by atoms with van der Waals surface area (Å²) in [5.41, 5.74) is 2.86. The largest absolute Gasteiger partial charge is 0.329 e. The molecular formula is C20H26N2O2. The number of hydrogen-bond acceptors (Lipinski definition) is 3. The van der Waals surface area contributed by atoms with Gasteiger partial charge in [-0.25, -0.2) is 0 Å². The molecule has 4 rings (SSSR count). The van der Waals surface area contributed by atoms with E-state index in [1.54, 1.807) is 0 Å². The first-order valence-electron chi connectivity index (χ1n) is 9.23. The molecule has 0 spiro atoms. The quantitative estimate of drug-likeness (QED) is 0.845. The van der Waals surface area contributed by atoms with Crippen molar-refractivity contribution in [1.82, 2.24) is 4.90 Å². The van der Waals surface area contributed by atoms with Crippen molar-refractivity contribution in [3.05, 3.63) is 29.3 Å². The van der Waals surface area contributed by atoms with Gasteiger partial charge in [-0.2, -0.15) is 0 Å². The smallest absolute Gasteiger partial charge is 0.211 e. The van der Waals surface area contributed by atoms with Crippen LogP contribution in [0, 0.1) is 11.8 Å². The highest BCUT2D eigenvalue weighted by Crippen LogP contribution is 2.51. The second-order valence-corrected chi connectivity index (χ2v) is 7.82. The monoisotopic (exact) mass is 326 g/mol. The number of ketones is 1. The SMILES string of the molecule is CCC12CCN(CC3CC3)C(C(=O)c3ccc(NC=O)cc31)C2C. The van der Waals surface area contributed by atoms with Gasteiger partial charge in [-0.15, -0.1) is 0 Å². The van der Waals surface area contributed by atoms with Crippen molar-refractivity contribution >= 4 is 17.9 Å². The maximum atomic E-state index is 13.2. The first-order chi connectivity index (χ1) is 11.6. The molecule has 2 bridgehead atoms. The predicted molar refractivity (Wildman–Crippen MR) is 94.3 cm³/mol. The summed E-state index contributed by atoms with van der Waals surface area (Å²) in [6.45, 7) is 6.59. The van der Waals surface area contributed by atoms with Crippen LogP contribution in [0.2, 0.25) is 0 Å². The van der Waals surface area contributed by atoms with Gasteiger partial charge in [0.25, 0.3) is 0 Å². The van der Waals surface area contributed by atoms with Crippen molar-refractivity contribution in [2.75, 3.05) is 18.4 Å². The zero-order valence-corrected chi connectivity index (χ0v) is 14.5. The van der Waals surface area contributed by atoms with Gasteiger partial charge < -0.3 is 5.32 Å². The minimum absolute atomic E-state index is 0.0247. The second-order valence-electron chi connectivity index (χ2n) is 7.82. The lowest BCUT2D eigenvalue weighted by molar-refractivity contribution is -0.105. The Morgan fingerprint density at radius 1 is 1.38 bits per heavy atom. The van der Waals surface area contributed by atoms with Crippen LogP contribution in [-0.2, 0) is 10.2 Å². The summed E-state index contributed by atoms with van der Waals surface area (Å²) in [5.74, 6) is 1.40. The van der Waals surface area contributed by atoms with Crippen molar-refractivity contribution in [2.24, 2.45) is 11.8 Å². The van der Waals surface area contributed by atoms with E-state index in [2.05, 4.69) is 24.1 Å². The summed E-state index contributed by atoms with van der Waals surface area (Å²) < 4.78 is 0. The first kappa shape index (κ1) is 15.8. The number of rotatable bonds is 5. The van der Waals surface area contributed by atoms with E-state index < -0.39 is 0 Å². The van der Waals surface area contributed by atoms with Gasteiger partial charge >= 0.3 is 0 Å². The molecule has 1 aliphatic heterocycles. The van der Waals surface area contributed by atoms with Gasteiger partial charge in [-0.05, 0) is 67.8 Å². The average Bonchev–Trinajstić information content (AvgIpc) is 3.39. The first-order valence-corrected chi connectivity index (χ1v) is 9.23. The zero-order valence-electron chi connectivity index (χ0n) is 14.5. The van der Waals surface area contributed by atoms with Crippen molar-refractivity contribution in [2.45, 2.75) is 51.0 Å². The summed E-state index contributed by atoms with van der Waals surface area (Å²) in [4.78, 5) is 26.5. The Hall–Kier alpha value is -1.68. The summed E-state index contributed by atoms with van der Waals surface area (Å²) in [6.07, 6.45) is 5.48. The highest BCUT2D eigenvalue weighted by Gasteiger charge is 2.54. The zero-order chi connectivity index (χ0) is 16.9. The molecule has 1 saturated heterocycles. The molecule has 2 aliphatic carbocycles. The van der Waals surface area contributed by atoms with Crippen LogP contribution in [-0.4, -0.2) is 36.2 Å². The maximum absolute atomic E-state index is 13.2. The molecule has 3 atom stereocenters. The van der Waals surface area contributed by atoms with Gasteiger partial charge in [0, 0.05) is 23.2 Å². The number of fused-ring (bicyclic) bond motifs is 4. The molecule has 1 amide bonds. The third kappa shape index (κ3) is 2.23. The number of anilines is 1. The van der Waals surface area contributed by atoms with Gasteiger partial charge in [0.1, 0.15) is 0 Å². The number of benzene rings is 1. The number of amides is 1. The van der Waals surface area contributed by atoms with Crippen LogP contribution in [0.4, 0.5) is 5.69 Å². The Kier molecular flexibility index (Phi) is 3.75. The molecule has 1 heterocycles. The number of nitrogens with zero attached hydrogens (tertiary/aromatic N) is 1. The molecule has 3 aliphatic rings. The van der Waals surface area contributed by atoms with E-state index in [0.29, 0.717) is 12.3 Å². The van der Waals surface area contributed by atoms with Crippen LogP contribution in [0.1, 0.15) is 55.5 Å². The van der Waals surface area contributed by atoms with Gasteiger partial charge in [0.05, 0.1) is 6.04 Å². The molecule has 0 radical (unpaired) electrons. The van der Waals surface area contributed by atoms with Crippen molar-refractivity contribution in [3.8, 4) is 0 Å². The third-order valence-corrected chi connectivity index (χ3v) is 6.72. The number of carbonyl (C=O) groups is 2. The molecule has 128 valence electrons. The molecule has 1 saturated carbocycles. The Bertz CT molecular complexity index is 682. The van der Waals surface area contributed by atoms with E-state index in [9.17, 15) is 9.59 Å². The number of carbonyl (C=O) groups excluding carboxylic acids is 2. The maximum Gasteiger partial charge on any atom is 0.211 e. The number of nitrogens with one attached hydrogen (secondary N) is 1. The summed E-state index contributed by atoms with van der Waals surface area (Å²) in [5, 5.41) is 2.74. The molecule has 4 heteroatoms. The van der Waals surface area contributed by atoms with Gasteiger partial charge in [0.15, 0.2) is 5.78 Å². The minimum atomic E-state index is 0.0247. The van der Waals surface area contributed by atoms with Gasteiger partial charge in [-0.3, -0.25) is 14.5 Å². The van der Waals surface area contributed by atoms with E-state index in [1.165, 1.54) is 12.8 Å². The lowest BCUT2D eigenvalue weighted by atomic mass is 9.56. The Balaban J connectivity index is 1.79. The summed E-state index contributed by atoms with van der Waals surface area (Å²) in [7, 11) is 0. The van der Waals surface area contributed by atoms with E-state index in [1.807, 2.05) is 18.2 Å². The molecule has 1 aromatic carbocycles. The molecular weight excluding hydrogens is 300 g/mol. The van der Waals surface area contributed by atoms with Crippen LogP contribution in [0.15, 0.2) is 18.2 Å². The number of piperidine rings is 1. The van der Waals surface area contributed by atoms with Crippen molar-refractivity contribution < 1.29 is 9.59 Å². The van der Waals surface area contributed by atoms with Crippen LogP contribution in [0.5, 0.6) is 0 Å². The molecule has 0 aromatic heterocycles. The minimum Gasteiger partial charge on any atom is -0.329 e. The van der Waals surface area contributed by atoms with Crippen LogP contribution >= 0.6 is 0 Å². The van der Waals surface area contributed by atoms with Crippen LogP contribution in [0.25, 0.3) is 0 Å². The Morgan fingerprint density at radius 2 is 2.17 bits per heavy atom. The van der Waals surface area contributed by atoms with E-state index in [4.69, 9.17) is 0 Å². The second kappa shape index (κ2) is 5.69. The highest BCUT2D eigenvalue weighted by atomic mass is 16.1. The topological polar surface area (TPSA) is 49.4 Å². The Labute approximate surface area is 143 Å². The third-order valence-electron chi connectivity index (χ3n) is 6.72. The van der Waals surface area contributed by atoms with E-state index in [0.717, 1.165) is 48.7 Å². The summed E-state index contributed by atoms with van der Waals surface area (Å²) in [6, 6.07) is 5.84. The van der Waals surface area contributed by atoms with E-state index in [-0.39, 0.29) is 17.2 Å². The standard InChI is InChI=1S/C20H26N2O2/c1-3-20-8-9-22(11-14-4-5-14)18(13(20)2)19(24)16-7-6-15(21-12-23)10-17(16)20/h6-7,10,12-14,18H,3-5,8-9,11H2,1-2H3,(H,21,23). The fourth-order valence-electron chi connectivity index (χ4n) is 5.12. The van der Waals surface area contributed by atoms with Gasteiger partial charge in [-0.1, -0.05) is 13.8 Å². The molecule has 1 N–H and O–H groups in total. The van der Waals surface area contributed by atoms with Gasteiger partial charge in [0.2, 0.25) is 6.41 Å². The molecule has 24 heavy (non-hydrogen) atoms. The fraction of sp³-hybridized carbons (Fsp3) is 0.600. The predicted octanol–water partition coefficient (Wildman–Crippen LogP) is 3.22. The fourth-order valence-corrected chi connectivity index (χ4v) is 5.12. The number of Topliss-reactive ketones (excluding diaryl/α,β-unsaturated/α-hetero) is 1. The number of hydrogen-bond donors (Lipinski definition) is 1. The molecule has 3 unspecified atom stereocenters. The average molecular weight is 326 g/mol. The molecule has 2 fully saturated rings.